The molecule has 1 heterocycles. The molecule has 4 heteroatoms. The molecule has 102 valence electrons. The standard InChI is InChI=1S/C15H19NO3/c1-4-8-15(12(3)17,14(18)19-5-2)11-13-6-9-16-10-7-13/h4,6-7,9-10H,1,5,8,11H2,2-3H3/t15-/m0/s1. The van der Waals surface area contributed by atoms with E-state index in [4.69, 9.17) is 4.74 Å². The van der Waals surface area contributed by atoms with Crippen LogP contribution in [0.1, 0.15) is 25.8 Å². The molecule has 0 aliphatic heterocycles. The van der Waals surface area contributed by atoms with Crippen LogP contribution in [0.5, 0.6) is 0 Å². The largest absolute Gasteiger partial charge is 0.465 e. The molecule has 0 amide bonds. The van der Waals surface area contributed by atoms with Crippen molar-refractivity contribution in [3.05, 3.63) is 42.7 Å². The predicted octanol–water partition coefficient (Wildman–Crippen LogP) is 2.34. The maximum Gasteiger partial charge on any atom is 0.320 e. The van der Waals surface area contributed by atoms with Crippen molar-refractivity contribution in [3.8, 4) is 0 Å². The van der Waals surface area contributed by atoms with E-state index in [1.165, 1.54) is 6.92 Å². The maximum atomic E-state index is 12.2. The number of pyridine rings is 1. The second-order valence-electron chi connectivity index (χ2n) is 4.38. The number of allylic oxidation sites excluding steroid dienone is 1. The highest BCUT2D eigenvalue weighted by Crippen LogP contribution is 2.31. The van der Waals surface area contributed by atoms with Crippen LogP contribution in [0.25, 0.3) is 0 Å². The van der Waals surface area contributed by atoms with E-state index in [0.29, 0.717) is 6.42 Å². The van der Waals surface area contributed by atoms with Crippen LogP contribution in [0.3, 0.4) is 0 Å². The number of rotatable bonds is 7. The second-order valence-corrected chi connectivity index (χ2v) is 4.38. The Bertz CT molecular complexity index is 456. The highest BCUT2D eigenvalue weighted by atomic mass is 16.5. The van der Waals surface area contributed by atoms with E-state index in [2.05, 4.69) is 11.6 Å². The number of ketones is 1. The van der Waals surface area contributed by atoms with E-state index >= 15 is 0 Å². The third kappa shape index (κ3) is 3.50. The highest BCUT2D eigenvalue weighted by molar-refractivity contribution is 6.03. The molecule has 1 aromatic rings. The number of hydrogen-bond donors (Lipinski definition) is 0. The number of carbonyl (C=O) groups excluding carboxylic acids is 2. The molecule has 0 saturated carbocycles. The molecule has 0 saturated heterocycles. The third-order valence-electron chi connectivity index (χ3n) is 3.09. The molecule has 0 radical (unpaired) electrons. The Labute approximate surface area is 113 Å². The molecule has 1 rings (SSSR count). The van der Waals surface area contributed by atoms with Crippen LogP contribution in [-0.2, 0) is 20.7 Å². The van der Waals surface area contributed by atoms with E-state index < -0.39 is 11.4 Å². The van der Waals surface area contributed by atoms with E-state index in [0.717, 1.165) is 5.56 Å². The molecule has 0 aromatic carbocycles. The van der Waals surface area contributed by atoms with Gasteiger partial charge < -0.3 is 4.74 Å². The average Bonchev–Trinajstić information content (AvgIpc) is 2.39. The molecule has 0 aliphatic carbocycles. The summed E-state index contributed by atoms with van der Waals surface area (Å²) < 4.78 is 5.07. The van der Waals surface area contributed by atoms with Gasteiger partial charge in [-0.05, 0) is 44.4 Å². The summed E-state index contributed by atoms with van der Waals surface area (Å²) >= 11 is 0. The highest BCUT2D eigenvalue weighted by Gasteiger charge is 2.43. The zero-order valence-electron chi connectivity index (χ0n) is 11.4. The molecule has 0 fully saturated rings. The predicted molar refractivity (Wildman–Crippen MR) is 72.5 cm³/mol. The molecule has 1 atom stereocenters. The van der Waals surface area contributed by atoms with Crippen molar-refractivity contribution in [3.63, 3.8) is 0 Å². The lowest BCUT2D eigenvalue weighted by molar-refractivity contribution is -0.159. The number of nitrogens with zero attached hydrogens (tertiary/aromatic N) is 1. The zero-order valence-corrected chi connectivity index (χ0v) is 11.4. The monoisotopic (exact) mass is 261 g/mol. The molecule has 0 bridgehead atoms. The number of ether oxygens (including phenoxy) is 1. The van der Waals surface area contributed by atoms with Crippen molar-refractivity contribution < 1.29 is 14.3 Å². The van der Waals surface area contributed by atoms with E-state index in [1.54, 1.807) is 37.5 Å². The molecule has 0 N–H and O–H groups in total. The summed E-state index contributed by atoms with van der Waals surface area (Å²) in [6, 6.07) is 3.58. The first-order chi connectivity index (χ1) is 9.06. The fourth-order valence-electron chi connectivity index (χ4n) is 2.00. The van der Waals surface area contributed by atoms with Crippen molar-refractivity contribution in [2.75, 3.05) is 6.61 Å². The van der Waals surface area contributed by atoms with Crippen LogP contribution in [-0.4, -0.2) is 23.3 Å². The smallest absolute Gasteiger partial charge is 0.320 e. The Morgan fingerprint density at radius 3 is 2.53 bits per heavy atom. The van der Waals surface area contributed by atoms with Crippen LogP contribution in [0.15, 0.2) is 37.2 Å². The lowest BCUT2D eigenvalue weighted by atomic mass is 9.75. The van der Waals surface area contributed by atoms with Crippen molar-refractivity contribution >= 4 is 11.8 Å². The van der Waals surface area contributed by atoms with Crippen molar-refractivity contribution in [2.24, 2.45) is 5.41 Å². The van der Waals surface area contributed by atoms with Gasteiger partial charge in [0.1, 0.15) is 11.2 Å². The number of carbonyl (C=O) groups is 2. The quantitative estimate of drug-likeness (QED) is 0.429. The summed E-state index contributed by atoms with van der Waals surface area (Å²) in [5.41, 5.74) is -0.306. The van der Waals surface area contributed by atoms with Crippen LogP contribution >= 0.6 is 0 Å². The van der Waals surface area contributed by atoms with Crippen molar-refractivity contribution in [1.29, 1.82) is 0 Å². The summed E-state index contributed by atoms with van der Waals surface area (Å²) in [5.74, 6) is -0.693. The topological polar surface area (TPSA) is 56.3 Å². The number of aromatic nitrogens is 1. The summed E-state index contributed by atoms with van der Waals surface area (Å²) in [7, 11) is 0. The molecule has 0 unspecified atom stereocenters. The van der Waals surface area contributed by atoms with Crippen LogP contribution in [0, 0.1) is 5.41 Å². The van der Waals surface area contributed by atoms with E-state index in [1.807, 2.05) is 0 Å². The van der Waals surface area contributed by atoms with Gasteiger partial charge in [-0.15, -0.1) is 6.58 Å². The molecule has 0 aliphatic rings. The SMILES string of the molecule is C=CC[C@](Cc1ccncc1)(C(C)=O)C(=O)OCC. The Kier molecular flexibility index (Phi) is 5.42. The minimum absolute atomic E-state index is 0.206. The van der Waals surface area contributed by atoms with Gasteiger partial charge in [-0.2, -0.15) is 0 Å². The average molecular weight is 261 g/mol. The third-order valence-corrected chi connectivity index (χ3v) is 3.09. The molecule has 1 aromatic heterocycles. The van der Waals surface area contributed by atoms with Gasteiger partial charge in [0, 0.05) is 12.4 Å². The minimum atomic E-state index is -1.18. The van der Waals surface area contributed by atoms with E-state index in [-0.39, 0.29) is 18.8 Å². The second kappa shape index (κ2) is 6.83. The number of esters is 1. The lowest BCUT2D eigenvalue weighted by Crippen LogP contribution is -2.41. The lowest BCUT2D eigenvalue weighted by Gasteiger charge is -2.27. The Morgan fingerprint density at radius 1 is 1.42 bits per heavy atom. The summed E-state index contributed by atoms with van der Waals surface area (Å²) in [6.07, 6.45) is 5.43. The van der Waals surface area contributed by atoms with Gasteiger partial charge in [0.2, 0.25) is 0 Å². The van der Waals surface area contributed by atoms with Gasteiger partial charge >= 0.3 is 5.97 Å². The van der Waals surface area contributed by atoms with Gasteiger partial charge in [0.15, 0.2) is 0 Å². The fourth-order valence-corrected chi connectivity index (χ4v) is 2.00. The Morgan fingerprint density at radius 2 is 2.05 bits per heavy atom. The van der Waals surface area contributed by atoms with Crippen molar-refractivity contribution in [1.82, 2.24) is 4.98 Å². The van der Waals surface area contributed by atoms with Gasteiger partial charge in [0.25, 0.3) is 0 Å². The normalized spacial score (nSPS) is 13.4. The maximum absolute atomic E-state index is 12.2. The summed E-state index contributed by atoms with van der Waals surface area (Å²) in [6.45, 7) is 7.03. The first kappa shape index (κ1) is 15.1. The Hall–Kier alpha value is -1.97. The Balaban J connectivity index is 3.12. The summed E-state index contributed by atoms with van der Waals surface area (Å²) in [5, 5.41) is 0. The molecular weight excluding hydrogens is 242 g/mol. The fraction of sp³-hybridized carbons (Fsp3) is 0.400. The van der Waals surface area contributed by atoms with Crippen LogP contribution in [0.4, 0.5) is 0 Å². The van der Waals surface area contributed by atoms with E-state index in [9.17, 15) is 9.59 Å². The van der Waals surface area contributed by atoms with Gasteiger partial charge in [-0.25, -0.2) is 0 Å². The van der Waals surface area contributed by atoms with Crippen molar-refractivity contribution in [2.45, 2.75) is 26.7 Å². The first-order valence-corrected chi connectivity index (χ1v) is 6.25. The number of Topliss-reactive ketones (excluding diaryl/α,β-unsaturated/α-hetero) is 1. The molecule has 19 heavy (non-hydrogen) atoms. The first-order valence-electron chi connectivity index (χ1n) is 6.25. The van der Waals surface area contributed by atoms with Gasteiger partial charge in [-0.3, -0.25) is 14.6 Å². The summed E-state index contributed by atoms with van der Waals surface area (Å²) in [4.78, 5) is 28.1. The molecule has 4 nitrogen and oxygen atoms in total. The van der Waals surface area contributed by atoms with Gasteiger partial charge in [-0.1, -0.05) is 6.08 Å². The van der Waals surface area contributed by atoms with Crippen LogP contribution in [0.2, 0.25) is 0 Å². The minimum Gasteiger partial charge on any atom is -0.465 e. The molecule has 0 spiro atoms. The van der Waals surface area contributed by atoms with Crippen LogP contribution < -0.4 is 0 Å². The molecular formula is C15H19NO3. The zero-order chi connectivity index (χ0) is 14.3. The number of hydrogen-bond acceptors (Lipinski definition) is 4. The van der Waals surface area contributed by atoms with Gasteiger partial charge in [0.05, 0.1) is 6.61 Å².